The molecule has 0 spiro atoms. The van der Waals surface area contributed by atoms with Crippen molar-refractivity contribution in [1.29, 1.82) is 0 Å². The topological polar surface area (TPSA) is 34.1 Å². The van der Waals surface area contributed by atoms with E-state index in [1.165, 1.54) is 0 Å². The van der Waals surface area contributed by atoms with Crippen LogP contribution in [0.2, 0.25) is 0 Å². The fourth-order valence-corrected chi connectivity index (χ4v) is 5.10. The van der Waals surface area contributed by atoms with Crippen LogP contribution in [-0.4, -0.2) is 29.1 Å². The van der Waals surface area contributed by atoms with Gasteiger partial charge in [-0.05, 0) is 0 Å². The molecule has 0 aromatic rings. The molecule has 7 heteroatoms. The standard InChI is InChI=1S/C5H6Cl4O2S/c6-4-2-12(10,11)1-3(4)5(7,8)9/h3-4H,1-2H2/t3-,4-/m0/s1. The Hall–Kier alpha value is 1.11. The SMILES string of the molecule is O=S1(=O)C[C@H](Cl)[C@@H](C(Cl)(Cl)Cl)C1. The van der Waals surface area contributed by atoms with E-state index < -0.39 is 24.9 Å². The van der Waals surface area contributed by atoms with E-state index in [0.29, 0.717) is 0 Å². The first-order valence-electron chi connectivity index (χ1n) is 3.13. The molecule has 0 radical (unpaired) electrons. The Morgan fingerprint density at radius 2 is 1.67 bits per heavy atom. The zero-order valence-corrected chi connectivity index (χ0v) is 9.65. The molecule has 0 aromatic carbocycles. The molecule has 0 aromatic heterocycles. The quantitative estimate of drug-likeness (QED) is 0.632. The van der Waals surface area contributed by atoms with Gasteiger partial charge in [0, 0.05) is 5.92 Å². The van der Waals surface area contributed by atoms with Crippen LogP contribution in [0.3, 0.4) is 0 Å². The second-order valence-corrected chi connectivity index (χ2v) is 7.82. The Balaban J connectivity index is 2.85. The van der Waals surface area contributed by atoms with Gasteiger partial charge in [-0.25, -0.2) is 8.42 Å². The van der Waals surface area contributed by atoms with Gasteiger partial charge in [-0.1, -0.05) is 34.8 Å². The molecule has 0 N–H and O–H groups in total. The fourth-order valence-electron chi connectivity index (χ4n) is 1.10. The van der Waals surface area contributed by atoms with Crippen LogP contribution in [0.5, 0.6) is 0 Å². The Kier molecular flexibility index (Phi) is 3.13. The summed E-state index contributed by atoms with van der Waals surface area (Å²) in [7, 11) is -3.11. The molecule has 1 heterocycles. The third-order valence-corrected chi connectivity index (χ3v) is 4.92. The third-order valence-electron chi connectivity index (χ3n) is 1.70. The maximum Gasteiger partial charge on any atom is 0.195 e. The van der Waals surface area contributed by atoms with Crippen molar-refractivity contribution in [3.63, 3.8) is 0 Å². The van der Waals surface area contributed by atoms with Gasteiger partial charge in [0.25, 0.3) is 0 Å². The summed E-state index contributed by atoms with van der Waals surface area (Å²) in [5.41, 5.74) is 0. The average Bonchev–Trinajstić information content (AvgIpc) is 2.03. The Bertz CT molecular complexity index is 268. The van der Waals surface area contributed by atoms with E-state index in [1.54, 1.807) is 0 Å². The third kappa shape index (κ3) is 2.55. The number of rotatable bonds is 0. The first-order chi connectivity index (χ1) is 5.22. The van der Waals surface area contributed by atoms with Crippen LogP contribution in [-0.2, 0) is 9.84 Å². The van der Waals surface area contributed by atoms with E-state index in [2.05, 4.69) is 0 Å². The van der Waals surface area contributed by atoms with Crippen LogP contribution < -0.4 is 0 Å². The summed E-state index contributed by atoms with van der Waals surface area (Å²) in [4.78, 5) is 0. The normalized spacial score (nSPS) is 35.3. The molecule has 12 heavy (non-hydrogen) atoms. The number of hydrogen-bond donors (Lipinski definition) is 0. The van der Waals surface area contributed by atoms with E-state index >= 15 is 0 Å². The lowest BCUT2D eigenvalue weighted by Crippen LogP contribution is -2.26. The van der Waals surface area contributed by atoms with Crippen LogP contribution in [0.25, 0.3) is 0 Å². The van der Waals surface area contributed by atoms with E-state index in [4.69, 9.17) is 46.4 Å². The number of alkyl halides is 4. The van der Waals surface area contributed by atoms with Crippen molar-refractivity contribution in [3.8, 4) is 0 Å². The molecule has 72 valence electrons. The van der Waals surface area contributed by atoms with Crippen molar-refractivity contribution in [2.24, 2.45) is 5.92 Å². The molecule has 2 atom stereocenters. The molecule has 1 fully saturated rings. The van der Waals surface area contributed by atoms with Crippen LogP contribution in [0.15, 0.2) is 0 Å². The zero-order chi connectivity index (χ0) is 9.57. The summed E-state index contributed by atoms with van der Waals surface area (Å²) in [5, 5.41) is -0.595. The van der Waals surface area contributed by atoms with E-state index in [9.17, 15) is 8.42 Å². The second kappa shape index (κ2) is 3.35. The van der Waals surface area contributed by atoms with Crippen molar-refractivity contribution >= 4 is 56.2 Å². The summed E-state index contributed by atoms with van der Waals surface area (Å²) in [6, 6.07) is 0. The molecule has 0 unspecified atom stereocenters. The summed E-state index contributed by atoms with van der Waals surface area (Å²) >= 11 is 22.3. The monoisotopic (exact) mass is 270 g/mol. The molecule has 2 nitrogen and oxygen atoms in total. The summed E-state index contributed by atoms with van der Waals surface area (Å²) in [6.07, 6.45) is 0. The first-order valence-corrected chi connectivity index (χ1v) is 6.53. The van der Waals surface area contributed by atoms with Gasteiger partial charge >= 0.3 is 0 Å². The molecule has 1 aliphatic rings. The van der Waals surface area contributed by atoms with Crippen molar-refractivity contribution in [2.75, 3.05) is 11.5 Å². The zero-order valence-electron chi connectivity index (χ0n) is 5.81. The van der Waals surface area contributed by atoms with E-state index in [1.807, 2.05) is 0 Å². The van der Waals surface area contributed by atoms with Crippen LogP contribution in [0.4, 0.5) is 0 Å². The highest BCUT2D eigenvalue weighted by molar-refractivity contribution is 7.91. The van der Waals surface area contributed by atoms with Gasteiger partial charge in [-0.15, -0.1) is 11.6 Å². The largest absolute Gasteiger partial charge is 0.229 e. The Morgan fingerprint density at radius 3 is 1.83 bits per heavy atom. The highest BCUT2D eigenvalue weighted by atomic mass is 35.6. The first kappa shape index (κ1) is 11.2. The maximum atomic E-state index is 11.0. The molecule has 1 rings (SSSR count). The number of hydrogen-bond acceptors (Lipinski definition) is 2. The van der Waals surface area contributed by atoms with Gasteiger partial charge in [-0.3, -0.25) is 0 Å². The fraction of sp³-hybridized carbons (Fsp3) is 1.00. The van der Waals surface area contributed by atoms with Gasteiger partial charge in [0.15, 0.2) is 13.6 Å². The molecule has 0 saturated carbocycles. The lowest BCUT2D eigenvalue weighted by Gasteiger charge is -2.20. The van der Waals surface area contributed by atoms with E-state index in [0.717, 1.165) is 0 Å². The molecular weight excluding hydrogens is 266 g/mol. The smallest absolute Gasteiger partial charge is 0.195 e. The molecule has 0 bridgehead atoms. The molecule has 0 aliphatic carbocycles. The van der Waals surface area contributed by atoms with Crippen molar-refractivity contribution in [2.45, 2.75) is 9.17 Å². The summed E-state index contributed by atoms with van der Waals surface area (Å²) < 4.78 is 20.5. The van der Waals surface area contributed by atoms with Crippen LogP contribution in [0, 0.1) is 5.92 Å². The number of sulfone groups is 1. The molecular formula is C5H6Cl4O2S. The summed E-state index contributed by atoms with van der Waals surface area (Å²) in [6.45, 7) is 0. The van der Waals surface area contributed by atoms with Crippen LogP contribution in [0.1, 0.15) is 0 Å². The van der Waals surface area contributed by atoms with E-state index in [-0.39, 0.29) is 11.5 Å². The molecule has 1 aliphatic heterocycles. The number of halogens is 4. The van der Waals surface area contributed by atoms with Crippen molar-refractivity contribution in [1.82, 2.24) is 0 Å². The van der Waals surface area contributed by atoms with Gasteiger partial charge in [0.1, 0.15) is 0 Å². The maximum absolute atomic E-state index is 11.0. The predicted octanol–water partition coefficient (Wildman–Crippen LogP) is 2.01. The van der Waals surface area contributed by atoms with Crippen LogP contribution >= 0.6 is 46.4 Å². The van der Waals surface area contributed by atoms with Gasteiger partial charge in [-0.2, -0.15) is 0 Å². The van der Waals surface area contributed by atoms with Gasteiger partial charge < -0.3 is 0 Å². The second-order valence-electron chi connectivity index (χ2n) is 2.74. The molecule has 0 amide bonds. The minimum Gasteiger partial charge on any atom is -0.229 e. The van der Waals surface area contributed by atoms with Gasteiger partial charge in [0.05, 0.1) is 16.9 Å². The van der Waals surface area contributed by atoms with Gasteiger partial charge in [0.2, 0.25) is 0 Å². The highest BCUT2D eigenvalue weighted by Gasteiger charge is 2.47. The molecule has 1 saturated heterocycles. The Labute approximate surface area is 91.0 Å². The van der Waals surface area contributed by atoms with Crippen molar-refractivity contribution < 1.29 is 8.42 Å². The summed E-state index contributed by atoms with van der Waals surface area (Å²) in [5.74, 6) is -0.848. The highest BCUT2D eigenvalue weighted by Crippen LogP contribution is 2.42. The Morgan fingerprint density at radius 1 is 1.17 bits per heavy atom. The minimum absolute atomic E-state index is 0.104. The average molecular weight is 272 g/mol. The lowest BCUT2D eigenvalue weighted by atomic mass is 10.1. The lowest BCUT2D eigenvalue weighted by molar-refractivity contribution is 0.593. The minimum atomic E-state index is -3.11. The predicted molar refractivity (Wildman–Crippen MR) is 52.1 cm³/mol. The van der Waals surface area contributed by atoms with Crippen molar-refractivity contribution in [3.05, 3.63) is 0 Å².